The number of nitrogens with zero attached hydrogens (tertiary/aromatic N) is 1. The molecule has 0 saturated carbocycles. The van der Waals surface area contributed by atoms with Gasteiger partial charge in [-0.3, -0.25) is 4.90 Å². The number of phenolic OH excluding ortho intramolecular Hbond substituents is 1. The van der Waals surface area contributed by atoms with Crippen LogP contribution in [0.2, 0.25) is 5.02 Å². The predicted molar refractivity (Wildman–Crippen MR) is 72.1 cm³/mol. The molecule has 1 saturated heterocycles. The van der Waals surface area contributed by atoms with Crippen LogP contribution in [0.4, 0.5) is 0 Å². The molecule has 4 nitrogen and oxygen atoms in total. The SMILES string of the molecule is Oc1cccc(Cl)c1CNCCN1CCOCC1. The molecule has 1 aromatic rings. The summed E-state index contributed by atoms with van der Waals surface area (Å²) in [6, 6.07) is 5.19. The highest BCUT2D eigenvalue weighted by Gasteiger charge is 2.10. The molecular formula is C13H19ClN2O2. The molecule has 1 fully saturated rings. The number of ether oxygens (including phenoxy) is 1. The minimum Gasteiger partial charge on any atom is -0.508 e. The Morgan fingerprint density at radius 3 is 2.83 bits per heavy atom. The lowest BCUT2D eigenvalue weighted by Crippen LogP contribution is -2.40. The Morgan fingerprint density at radius 2 is 2.11 bits per heavy atom. The highest BCUT2D eigenvalue weighted by Crippen LogP contribution is 2.24. The molecule has 5 heteroatoms. The molecule has 1 aliphatic rings. The van der Waals surface area contributed by atoms with E-state index >= 15 is 0 Å². The summed E-state index contributed by atoms with van der Waals surface area (Å²) < 4.78 is 5.29. The summed E-state index contributed by atoms with van der Waals surface area (Å²) in [7, 11) is 0. The van der Waals surface area contributed by atoms with Crippen LogP contribution in [0.3, 0.4) is 0 Å². The van der Waals surface area contributed by atoms with Gasteiger partial charge in [0, 0.05) is 43.3 Å². The van der Waals surface area contributed by atoms with E-state index in [2.05, 4.69) is 10.2 Å². The van der Waals surface area contributed by atoms with Crippen molar-refractivity contribution in [2.45, 2.75) is 6.54 Å². The van der Waals surface area contributed by atoms with E-state index in [0.29, 0.717) is 11.6 Å². The second-order valence-electron chi connectivity index (χ2n) is 4.37. The highest BCUT2D eigenvalue weighted by molar-refractivity contribution is 6.31. The Hall–Kier alpha value is -0.810. The van der Waals surface area contributed by atoms with Crippen LogP contribution in [0.25, 0.3) is 0 Å². The molecule has 0 amide bonds. The van der Waals surface area contributed by atoms with Crippen LogP contribution >= 0.6 is 11.6 Å². The van der Waals surface area contributed by atoms with Crippen LogP contribution in [-0.2, 0) is 11.3 Å². The summed E-state index contributed by atoms with van der Waals surface area (Å²) in [6.45, 7) is 6.11. The van der Waals surface area contributed by atoms with Crippen molar-refractivity contribution in [1.82, 2.24) is 10.2 Å². The molecule has 1 aromatic carbocycles. The van der Waals surface area contributed by atoms with E-state index in [0.717, 1.165) is 45.0 Å². The van der Waals surface area contributed by atoms with Gasteiger partial charge in [-0.1, -0.05) is 17.7 Å². The van der Waals surface area contributed by atoms with E-state index < -0.39 is 0 Å². The molecule has 0 atom stereocenters. The van der Waals surface area contributed by atoms with E-state index in [1.54, 1.807) is 18.2 Å². The summed E-state index contributed by atoms with van der Waals surface area (Å²) in [4.78, 5) is 2.36. The summed E-state index contributed by atoms with van der Waals surface area (Å²) >= 11 is 6.03. The molecule has 0 aromatic heterocycles. The van der Waals surface area contributed by atoms with E-state index in [-0.39, 0.29) is 5.75 Å². The van der Waals surface area contributed by atoms with E-state index in [4.69, 9.17) is 16.3 Å². The fourth-order valence-electron chi connectivity index (χ4n) is 2.00. The third-order valence-electron chi connectivity index (χ3n) is 3.10. The average Bonchev–Trinajstić information content (AvgIpc) is 2.38. The molecule has 0 unspecified atom stereocenters. The van der Waals surface area contributed by atoms with Crippen molar-refractivity contribution in [3.8, 4) is 5.75 Å². The Kier molecular flexibility index (Phi) is 5.26. The molecule has 0 bridgehead atoms. The summed E-state index contributed by atoms with van der Waals surface area (Å²) in [5.41, 5.74) is 0.765. The summed E-state index contributed by atoms with van der Waals surface area (Å²) in [5.74, 6) is 0.251. The van der Waals surface area contributed by atoms with Crippen LogP contribution < -0.4 is 5.32 Å². The van der Waals surface area contributed by atoms with E-state index in [1.165, 1.54) is 0 Å². The van der Waals surface area contributed by atoms with Gasteiger partial charge in [-0.15, -0.1) is 0 Å². The van der Waals surface area contributed by atoms with Crippen molar-refractivity contribution in [3.63, 3.8) is 0 Å². The van der Waals surface area contributed by atoms with Gasteiger partial charge in [0.15, 0.2) is 0 Å². The zero-order valence-electron chi connectivity index (χ0n) is 10.4. The highest BCUT2D eigenvalue weighted by atomic mass is 35.5. The maximum Gasteiger partial charge on any atom is 0.121 e. The van der Waals surface area contributed by atoms with Gasteiger partial charge in [-0.05, 0) is 12.1 Å². The predicted octanol–water partition coefficient (Wildman–Crippen LogP) is 1.47. The number of phenols is 1. The fourth-order valence-corrected chi connectivity index (χ4v) is 2.23. The van der Waals surface area contributed by atoms with Gasteiger partial charge in [-0.25, -0.2) is 0 Å². The number of nitrogens with one attached hydrogen (secondary N) is 1. The maximum atomic E-state index is 9.69. The van der Waals surface area contributed by atoms with Crippen molar-refractivity contribution in [3.05, 3.63) is 28.8 Å². The number of morpholine rings is 1. The molecule has 0 aliphatic carbocycles. The van der Waals surface area contributed by atoms with Gasteiger partial charge in [0.2, 0.25) is 0 Å². The lowest BCUT2D eigenvalue weighted by molar-refractivity contribution is 0.0384. The summed E-state index contributed by atoms with van der Waals surface area (Å²) in [6.07, 6.45) is 0. The normalized spacial score (nSPS) is 16.9. The van der Waals surface area contributed by atoms with Crippen molar-refractivity contribution in [2.24, 2.45) is 0 Å². The van der Waals surface area contributed by atoms with Crippen molar-refractivity contribution < 1.29 is 9.84 Å². The van der Waals surface area contributed by atoms with Crippen LogP contribution in [0.5, 0.6) is 5.75 Å². The van der Waals surface area contributed by atoms with Gasteiger partial charge in [0.05, 0.1) is 13.2 Å². The molecule has 1 heterocycles. The van der Waals surface area contributed by atoms with Crippen molar-refractivity contribution >= 4 is 11.6 Å². The zero-order valence-corrected chi connectivity index (χ0v) is 11.1. The monoisotopic (exact) mass is 270 g/mol. The molecule has 0 spiro atoms. The van der Waals surface area contributed by atoms with E-state index in [1.807, 2.05) is 0 Å². The first-order valence-electron chi connectivity index (χ1n) is 6.24. The number of hydrogen-bond donors (Lipinski definition) is 2. The fraction of sp³-hybridized carbons (Fsp3) is 0.538. The average molecular weight is 271 g/mol. The molecule has 2 rings (SSSR count). The maximum absolute atomic E-state index is 9.69. The topological polar surface area (TPSA) is 44.7 Å². The number of halogens is 1. The van der Waals surface area contributed by atoms with Crippen LogP contribution in [0.1, 0.15) is 5.56 Å². The lowest BCUT2D eigenvalue weighted by atomic mass is 10.2. The van der Waals surface area contributed by atoms with Gasteiger partial charge in [0.25, 0.3) is 0 Å². The Labute approximate surface area is 113 Å². The first kappa shape index (κ1) is 13.6. The Balaban J connectivity index is 1.71. The number of rotatable bonds is 5. The smallest absolute Gasteiger partial charge is 0.121 e. The van der Waals surface area contributed by atoms with Gasteiger partial charge < -0.3 is 15.2 Å². The number of hydrogen-bond acceptors (Lipinski definition) is 4. The second-order valence-corrected chi connectivity index (χ2v) is 4.78. The molecular weight excluding hydrogens is 252 g/mol. The zero-order chi connectivity index (χ0) is 12.8. The van der Waals surface area contributed by atoms with Crippen LogP contribution in [0, 0.1) is 0 Å². The molecule has 2 N–H and O–H groups in total. The molecule has 1 aliphatic heterocycles. The first-order valence-corrected chi connectivity index (χ1v) is 6.62. The number of aromatic hydroxyl groups is 1. The van der Waals surface area contributed by atoms with Crippen molar-refractivity contribution in [2.75, 3.05) is 39.4 Å². The summed E-state index contributed by atoms with van der Waals surface area (Å²) in [5, 5.41) is 13.6. The third-order valence-corrected chi connectivity index (χ3v) is 3.46. The quantitative estimate of drug-likeness (QED) is 0.796. The molecule has 18 heavy (non-hydrogen) atoms. The van der Waals surface area contributed by atoms with Gasteiger partial charge >= 0.3 is 0 Å². The first-order chi connectivity index (χ1) is 8.77. The van der Waals surface area contributed by atoms with Gasteiger partial charge in [-0.2, -0.15) is 0 Å². The largest absolute Gasteiger partial charge is 0.508 e. The Morgan fingerprint density at radius 1 is 1.33 bits per heavy atom. The second kappa shape index (κ2) is 6.95. The standard InChI is InChI=1S/C13H19ClN2O2/c14-12-2-1-3-13(17)11(12)10-15-4-5-16-6-8-18-9-7-16/h1-3,15,17H,4-10H2. The van der Waals surface area contributed by atoms with Crippen molar-refractivity contribution in [1.29, 1.82) is 0 Å². The Bertz CT molecular complexity index is 361. The minimum atomic E-state index is 0.251. The van der Waals surface area contributed by atoms with Crippen LogP contribution in [0.15, 0.2) is 18.2 Å². The lowest BCUT2D eigenvalue weighted by Gasteiger charge is -2.26. The number of benzene rings is 1. The molecule has 0 radical (unpaired) electrons. The van der Waals surface area contributed by atoms with E-state index in [9.17, 15) is 5.11 Å². The molecule has 100 valence electrons. The van der Waals surface area contributed by atoms with Crippen LogP contribution in [-0.4, -0.2) is 49.4 Å². The minimum absolute atomic E-state index is 0.251. The third kappa shape index (κ3) is 3.85. The van der Waals surface area contributed by atoms with Gasteiger partial charge in [0.1, 0.15) is 5.75 Å².